The number of pyridine rings is 1. The number of aromatic nitrogens is 2. The molecule has 0 aliphatic carbocycles. The molecule has 264 valence electrons. The summed E-state index contributed by atoms with van der Waals surface area (Å²) in [6.07, 6.45) is 1.99. The molecular weight excluding hydrogens is 832 g/mol. The zero-order chi connectivity index (χ0) is 35.2. The molecule has 0 unspecified atom stereocenters. The van der Waals surface area contributed by atoms with Crippen LogP contribution in [0.1, 0.15) is 31.9 Å². The minimum absolute atomic E-state index is 0. The van der Waals surface area contributed by atoms with Crippen molar-refractivity contribution >= 4 is 38.9 Å². The summed E-state index contributed by atoms with van der Waals surface area (Å²) in [4.78, 5) is 9.42. The molecule has 0 bridgehead atoms. The standard InChI is InChI=1S/C47H37N4O.Pt/c1-47(2,3)36-22-26-46(48-30-36)51-42-25-21-35(34-15-8-5-9-16-34)27-41(42)40-24-23-39(29-45(40)51)52-38-18-12-17-37(28-38)50-32-49(31-33-13-6-4-7-14-33)43-19-10-11-20-44(43)50;/h4-27,30,32H,31H2,1-3H3;/q-3;. The Balaban J connectivity index is 0.00000400. The van der Waals surface area contributed by atoms with Gasteiger partial charge < -0.3 is 19.1 Å². The molecule has 0 radical (unpaired) electrons. The van der Waals surface area contributed by atoms with Crippen molar-refractivity contribution in [3.63, 3.8) is 0 Å². The zero-order valence-electron chi connectivity index (χ0n) is 29.7. The topological polar surface area (TPSA) is 33.5 Å². The summed E-state index contributed by atoms with van der Waals surface area (Å²) in [7, 11) is 0. The van der Waals surface area contributed by atoms with Gasteiger partial charge >= 0.3 is 0 Å². The monoisotopic (exact) mass is 868 g/mol. The van der Waals surface area contributed by atoms with E-state index in [0.717, 1.165) is 56.8 Å². The molecule has 9 rings (SSSR count). The van der Waals surface area contributed by atoms with Gasteiger partial charge in [-0.15, -0.1) is 41.4 Å². The molecular formula is C47H37N4OPt-3. The molecule has 0 spiro atoms. The third-order valence-corrected chi connectivity index (χ3v) is 9.73. The van der Waals surface area contributed by atoms with Gasteiger partial charge in [-0.05, 0) is 57.3 Å². The first kappa shape index (κ1) is 34.4. The number of rotatable bonds is 7. The van der Waals surface area contributed by atoms with Crippen LogP contribution in [0.25, 0.3) is 38.8 Å². The van der Waals surface area contributed by atoms with E-state index in [1.165, 1.54) is 16.7 Å². The number of para-hydroxylation sites is 2. The summed E-state index contributed by atoms with van der Waals surface area (Å²) in [5.41, 5.74) is 9.90. The van der Waals surface area contributed by atoms with Crippen molar-refractivity contribution < 1.29 is 25.8 Å². The smallest absolute Gasteiger partial charge is 0.135 e. The largest absolute Gasteiger partial charge is 0.509 e. The van der Waals surface area contributed by atoms with E-state index in [0.29, 0.717) is 11.5 Å². The Labute approximate surface area is 325 Å². The van der Waals surface area contributed by atoms with E-state index in [9.17, 15) is 0 Å². The van der Waals surface area contributed by atoms with Crippen molar-refractivity contribution in [2.24, 2.45) is 0 Å². The Morgan fingerprint density at radius 3 is 2.15 bits per heavy atom. The van der Waals surface area contributed by atoms with Crippen molar-refractivity contribution in [2.75, 3.05) is 9.80 Å². The quantitative estimate of drug-likeness (QED) is 0.149. The van der Waals surface area contributed by atoms with Crippen molar-refractivity contribution in [1.82, 2.24) is 9.55 Å². The van der Waals surface area contributed by atoms with Gasteiger partial charge in [0.25, 0.3) is 0 Å². The molecule has 0 atom stereocenters. The van der Waals surface area contributed by atoms with Crippen LogP contribution in [0.2, 0.25) is 0 Å². The molecule has 1 aliphatic heterocycles. The maximum absolute atomic E-state index is 6.54. The molecule has 0 saturated heterocycles. The Bertz CT molecular complexity index is 2540. The summed E-state index contributed by atoms with van der Waals surface area (Å²) in [6.45, 7) is 9.54. The van der Waals surface area contributed by atoms with Gasteiger partial charge in [0.05, 0.1) is 0 Å². The first-order chi connectivity index (χ1) is 25.4. The molecule has 0 saturated carbocycles. The van der Waals surface area contributed by atoms with Gasteiger partial charge in [0.1, 0.15) is 5.82 Å². The van der Waals surface area contributed by atoms with Crippen LogP contribution in [-0.4, -0.2) is 9.55 Å². The molecule has 8 aromatic rings. The van der Waals surface area contributed by atoms with Crippen LogP contribution in [0.3, 0.4) is 0 Å². The second-order valence-electron chi connectivity index (χ2n) is 14.3. The molecule has 53 heavy (non-hydrogen) atoms. The van der Waals surface area contributed by atoms with Crippen LogP contribution >= 0.6 is 0 Å². The first-order valence-corrected chi connectivity index (χ1v) is 17.7. The van der Waals surface area contributed by atoms with Gasteiger partial charge in [-0.2, -0.15) is 18.8 Å². The predicted octanol–water partition coefficient (Wildman–Crippen LogP) is 11.8. The molecule has 2 aromatic heterocycles. The molecule has 5 nitrogen and oxygen atoms in total. The predicted molar refractivity (Wildman–Crippen MR) is 212 cm³/mol. The van der Waals surface area contributed by atoms with E-state index < -0.39 is 0 Å². The van der Waals surface area contributed by atoms with E-state index >= 15 is 0 Å². The summed E-state index contributed by atoms with van der Waals surface area (Å²) >= 11 is 0. The summed E-state index contributed by atoms with van der Waals surface area (Å²) in [6, 6.07) is 57.7. The van der Waals surface area contributed by atoms with Gasteiger partial charge in [0.2, 0.25) is 0 Å². The normalized spacial score (nSPS) is 12.6. The van der Waals surface area contributed by atoms with E-state index in [1.807, 2.05) is 30.5 Å². The van der Waals surface area contributed by atoms with E-state index in [4.69, 9.17) is 9.72 Å². The average Bonchev–Trinajstić information content (AvgIpc) is 3.70. The summed E-state index contributed by atoms with van der Waals surface area (Å²) < 4.78 is 8.73. The van der Waals surface area contributed by atoms with E-state index in [1.54, 1.807) is 0 Å². The maximum Gasteiger partial charge on any atom is 0.135 e. The molecule has 3 heterocycles. The number of hydrogen-bond acceptors (Lipinski definition) is 4. The summed E-state index contributed by atoms with van der Waals surface area (Å²) in [5, 5.41) is 2.22. The van der Waals surface area contributed by atoms with Crippen molar-refractivity contribution in [3.8, 4) is 28.4 Å². The van der Waals surface area contributed by atoms with Gasteiger partial charge in [-0.25, -0.2) is 4.98 Å². The third kappa shape index (κ3) is 6.62. The fraction of sp³-hybridized carbons (Fsp3) is 0.106. The Kier molecular flexibility index (Phi) is 9.14. The molecule has 0 fully saturated rings. The Hall–Kier alpha value is -5.64. The molecule has 6 heteroatoms. The van der Waals surface area contributed by atoms with Crippen LogP contribution in [0, 0.1) is 18.8 Å². The number of hydrogen-bond donors (Lipinski definition) is 0. The first-order valence-electron chi connectivity index (χ1n) is 17.7. The number of benzene rings is 6. The Morgan fingerprint density at radius 2 is 1.40 bits per heavy atom. The summed E-state index contributed by atoms with van der Waals surface area (Å²) in [5.74, 6) is 2.06. The van der Waals surface area contributed by atoms with Gasteiger partial charge in [0, 0.05) is 62.2 Å². The van der Waals surface area contributed by atoms with Crippen LogP contribution < -0.4 is 14.5 Å². The number of anilines is 3. The third-order valence-electron chi connectivity index (χ3n) is 9.73. The van der Waals surface area contributed by atoms with Gasteiger partial charge in [-0.3, -0.25) is 0 Å². The fourth-order valence-electron chi connectivity index (χ4n) is 7.02. The fourth-order valence-corrected chi connectivity index (χ4v) is 7.02. The van der Waals surface area contributed by atoms with Crippen molar-refractivity contribution in [1.29, 1.82) is 0 Å². The zero-order valence-corrected chi connectivity index (χ0v) is 32.0. The Morgan fingerprint density at radius 1 is 0.660 bits per heavy atom. The van der Waals surface area contributed by atoms with Crippen LogP contribution in [-0.2, 0) is 33.0 Å². The van der Waals surface area contributed by atoms with Crippen LogP contribution in [0.15, 0.2) is 152 Å². The second kappa shape index (κ2) is 14.1. The van der Waals surface area contributed by atoms with E-state index in [-0.39, 0.29) is 26.5 Å². The van der Waals surface area contributed by atoms with Crippen molar-refractivity contribution in [2.45, 2.75) is 32.7 Å². The second-order valence-corrected chi connectivity index (χ2v) is 14.3. The SMILES string of the molecule is CC(C)(C)c1ccc(-n2c3[c-]c(Oc4[c-]c(N5[CH-]N(Cc6ccccc6)c6ccccc65)ccc4)ccc3c3cc(-c4ccccc4)ccc32)nc1.[Pt]. The maximum atomic E-state index is 6.54. The van der Waals surface area contributed by atoms with Crippen LogP contribution in [0.5, 0.6) is 11.5 Å². The average molecular weight is 869 g/mol. The molecule has 1 aliphatic rings. The number of fused-ring (bicyclic) bond motifs is 4. The van der Waals surface area contributed by atoms with E-state index in [2.05, 4.69) is 175 Å². The van der Waals surface area contributed by atoms with Gasteiger partial charge in [-0.1, -0.05) is 117 Å². The molecule has 0 amide bonds. The van der Waals surface area contributed by atoms with Crippen LogP contribution in [0.4, 0.5) is 17.1 Å². The minimum Gasteiger partial charge on any atom is -0.509 e. The number of nitrogens with zero attached hydrogens (tertiary/aromatic N) is 4. The number of ether oxygens (including phenoxy) is 1. The molecule has 6 aromatic carbocycles. The minimum atomic E-state index is 0. The van der Waals surface area contributed by atoms with Crippen molar-refractivity contribution in [3.05, 3.63) is 182 Å². The van der Waals surface area contributed by atoms with Gasteiger partial charge in [0.15, 0.2) is 0 Å². The molecule has 0 N–H and O–H groups in total.